The number of hydrogen-bond donors (Lipinski definition) is 0. The third kappa shape index (κ3) is 6.35. The lowest BCUT2D eigenvalue weighted by molar-refractivity contribution is -0.384. The van der Waals surface area contributed by atoms with E-state index >= 15 is 0 Å². The van der Waals surface area contributed by atoms with Crippen LogP contribution in [0.15, 0.2) is 139 Å². The van der Waals surface area contributed by atoms with E-state index in [2.05, 4.69) is 109 Å². The van der Waals surface area contributed by atoms with Gasteiger partial charge < -0.3 is 14.5 Å². The first-order chi connectivity index (χ1) is 21.5. The maximum Gasteiger partial charge on any atom is 0.269 e. The second kappa shape index (κ2) is 12.9. The third-order valence-corrected chi connectivity index (χ3v) is 7.71. The van der Waals surface area contributed by atoms with E-state index in [9.17, 15) is 10.1 Å². The Bertz CT molecular complexity index is 1740. The molecule has 2 aliphatic heterocycles. The van der Waals surface area contributed by atoms with E-state index in [-0.39, 0.29) is 16.5 Å². The van der Waals surface area contributed by atoms with E-state index in [0.717, 1.165) is 34.0 Å². The Kier molecular flexibility index (Phi) is 8.41. The highest BCUT2D eigenvalue weighted by molar-refractivity contribution is 5.77. The number of hydrogen-bond acceptors (Lipinski definition) is 5. The molecule has 220 valence electrons. The van der Waals surface area contributed by atoms with Crippen molar-refractivity contribution in [1.82, 2.24) is 4.90 Å². The van der Waals surface area contributed by atoms with Crippen molar-refractivity contribution in [2.45, 2.75) is 26.3 Å². The lowest BCUT2D eigenvalue weighted by atomic mass is 9.94. The molecular formula is C38H35N3O3. The van der Waals surface area contributed by atoms with Gasteiger partial charge in [-0.05, 0) is 58.5 Å². The number of ether oxygens (including phenoxy) is 1. The van der Waals surface area contributed by atoms with Crippen LogP contribution in [0, 0.1) is 16.0 Å². The van der Waals surface area contributed by atoms with Crippen molar-refractivity contribution in [2.75, 3.05) is 11.5 Å². The molecule has 4 aromatic carbocycles. The first-order valence-electron chi connectivity index (χ1n) is 14.9. The number of nitro benzene ring substituents is 1. The summed E-state index contributed by atoms with van der Waals surface area (Å²) in [6, 6.07) is 33.8. The molecule has 2 heterocycles. The minimum Gasteiger partial charge on any atom is -0.493 e. The molecule has 0 fully saturated rings. The fourth-order valence-electron chi connectivity index (χ4n) is 5.54. The summed E-state index contributed by atoms with van der Waals surface area (Å²) < 4.78 is 6.16. The largest absolute Gasteiger partial charge is 0.493 e. The molecule has 6 nitrogen and oxygen atoms in total. The number of fused-ring (bicyclic) bond motifs is 3. The summed E-state index contributed by atoms with van der Waals surface area (Å²) >= 11 is 0. The van der Waals surface area contributed by atoms with Crippen molar-refractivity contribution in [3.05, 3.63) is 171 Å². The van der Waals surface area contributed by atoms with Crippen molar-refractivity contribution in [3.8, 4) is 5.75 Å². The normalized spacial score (nSPS) is 15.8. The number of anilines is 1. The van der Waals surface area contributed by atoms with E-state index in [1.807, 2.05) is 30.3 Å². The molecule has 0 bridgehead atoms. The molecule has 1 unspecified atom stereocenters. The van der Waals surface area contributed by atoms with Crippen molar-refractivity contribution >= 4 is 23.5 Å². The van der Waals surface area contributed by atoms with Crippen LogP contribution in [0.3, 0.4) is 0 Å². The van der Waals surface area contributed by atoms with Crippen molar-refractivity contribution < 1.29 is 9.66 Å². The Hall–Kier alpha value is -5.36. The molecule has 6 heteroatoms. The summed E-state index contributed by atoms with van der Waals surface area (Å²) in [5.41, 5.74) is 7.78. The lowest BCUT2D eigenvalue weighted by Gasteiger charge is -2.32. The van der Waals surface area contributed by atoms with Gasteiger partial charge in [-0.1, -0.05) is 92.7 Å². The summed E-state index contributed by atoms with van der Waals surface area (Å²) in [4.78, 5) is 15.4. The lowest BCUT2D eigenvalue weighted by Crippen LogP contribution is -2.26. The Morgan fingerprint density at radius 2 is 1.57 bits per heavy atom. The molecule has 0 N–H and O–H groups in total. The summed E-state index contributed by atoms with van der Waals surface area (Å²) in [7, 11) is 0. The van der Waals surface area contributed by atoms with E-state index in [4.69, 9.17) is 4.74 Å². The first kappa shape index (κ1) is 28.7. The van der Waals surface area contributed by atoms with Crippen LogP contribution in [0.25, 0.3) is 12.2 Å². The number of nitro groups is 1. The molecule has 0 amide bonds. The first-order valence-corrected chi connectivity index (χ1v) is 14.9. The Labute approximate surface area is 258 Å². The van der Waals surface area contributed by atoms with Crippen molar-refractivity contribution in [2.24, 2.45) is 5.92 Å². The highest BCUT2D eigenvalue weighted by Gasteiger charge is 2.37. The molecule has 4 aromatic rings. The molecule has 0 aliphatic carbocycles. The second-order valence-electron chi connectivity index (χ2n) is 11.4. The highest BCUT2D eigenvalue weighted by atomic mass is 16.6. The fourth-order valence-corrected chi connectivity index (χ4v) is 5.54. The van der Waals surface area contributed by atoms with Gasteiger partial charge in [-0.15, -0.1) is 0 Å². The molecular weight excluding hydrogens is 546 g/mol. The number of rotatable bonds is 10. The average Bonchev–Trinajstić information content (AvgIpc) is 3.36. The number of nitrogens with zero attached hydrogens (tertiary/aromatic N) is 3. The van der Waals surface area contributed by atoms with Gasteiger partial charge in [0, 0.05) is 43.1 Å². The second-order valence-corrected chi connectivity index (χ2v) is 11.4. The molecule has 44 heavy (non-hydrogen) atoms. The Balaban J connectivity index is 1.47. The summed E-state index contributed by atoms with van der Waals surface area (Å²) in [5.74, 6) is 1.32. The highest BCUT2D eigenvalue weighted by Crippen LogP contribution is 2.50. The average molecular weight is 582 g/mol. The number of benzene rings is 4. The van der Waals surface area contributed by atoms with Crippen LogP contribution in [0.4, 0.5) is 11.4 Å². The van der Waals surface area contributed by atoms with Gasteiger partial charge in [0.25, 0.3) is 5.69 Å². The number of non-ortho nitro benzene ring substituents is 1. The Morgan fingerprint density at radius 1 is 0.864 bits per heavy atom. The zero-order chi connectivity index (χ0) is 30.5. The zero-order valence-electron chi connectivity index (χ0n) is 24.9. The van der Waals surface area contributed by atoms with Crippen LogP contribution in [0.2, 0.25) is 0 Å². The van der Waals surface area contributed by atoms with Gasteiger partial charge in [0.05, 0.1) is 28.6 Å². The van der Waals surface area contributed by atoms with Gasteiger partial charge in [-0.3, -0.25) is 10.1 Å². The van der Waals surface area contributed by atoms with Gasteiger partial charge in [-0.2, -0.15) is 0 Å². The molecule has 0 aromatic heterocycles. The molecule has 0 saturated heterocycles. The predicted molar refractivity (Wildman–Crippen MR) is 178 cm³/mol. The molecule has 0 saturated carbocycles. The van der Waals surface area contributed by atoms with Crippen LogP contribution >= 0.6 is 0 Å². The fraction of sp³-hybridized carbons (Fsp3) is 0.158. The van der Waals surface area contributed by atoms with Crippen LogP contribution < -0.4 is 9.64 Å². The number of allylic oxidation sites excluding steroid dienone is 2. The van der Waals surface area contributed by atoms with Gasteiger partial charge >= 0.3 is 0 Å². The smallest absolute Gasteiger partial charge is 0.269 e. The van der Waals surface area contributed by atoms with E-state index in [1.54, 1.807) is 24.3 Å². The van der Waals surface area contributed by atoms with Gasteiger partial charge in [-0.25, -0.2) is 0 Å². The van der Waals surface area contributed by atoms with Gasteiger partial charge in [0.2, 0.25) is 0 Å². The van der Waals surface area contributed by atoms with Gasteiger partial charge in [0.1, 0.15) is 5.75 Å². The maximum absolute atomic E-state index is 11.2. The van der Waals surface area contributed by atoms with Crippen LogP contribution in [-0.2, 0) is 6.54 Å². The van der Waals surface area contributed by atoms with Crippen molar-refractivity contribution in [1.29, 1.82) is 0 Å². The quantitative estimate of drug-likeness (QED) is 0.138. The molecule has 0 radical (unpaired) electrons. The molecule has 2 aliphatic rings. The van der Waals surface area contributed by atoms with E-state index < -0.39 is 0 Å². The standard InChI is InChI=1S/C38H35N3O3/c1-28(2)27-44-33-18-19-34-35-22-23-39(26-31-11-7-4-8-12-31)36(20-15-30-13-16-32(17-14-30)41(42)43)38(35)40(37(34)25-33)24-21-29-9-5-3-6-10-29/h3-25,28,35H,26-27H2,1-2H3/b20-15+,24-21+. The topological polar surface area (TPSA) is 58.9 Å². The monoisotopic (exact) mass is 581 g/mol. The minimum atomic E-state index is -0.373. The zero-order valence-corrected chi connectivity index (χ0v) is 24.9. The minimum absolute atomic E-state index is 0.0492. The molecule has 0 spiro atoms. The van der Waals surface area contributed by atoms with Gasteiger partial charge in [0.15, 0.2) is 0 Å². The van der Waals surface area contributed by atoms with Crippen LogP contribution in [-0.4, -0.2) is 16.4 Å². The third-order valence-electron chi connectivity index (χ3n) is 7.71. The van der Waals surface area contributed by atoms with Crippen LogP contribution in [0.1, 0.15) is 42.0 Å². The van der Waals surface area contributed by atoms with Crippen LogP contribution in [0.5, 0.6) is 5.75 Å². The summed E-state index contributed by atoms with van der Waals surface area (Å²) in [5, 5.41) is 11.2. The van der Waals surface area contributed by atoms with E-state index in [1.165, 1.54) is 11.1 Å². The van der Waals surface area contributed by atoms with E-state index in [0.29, 0.717) is 19.1 Å². The molecule has 6 rings (SSSR count). The maximum atomic E-state index is 11.2. The predicted octanol–water partition coefficient (Wildman–Crippen LogP) is 9.16. The SMILES string of the molecule is CC(C)COc1ccc2c(c1)N(/C=C/c1ccccc1)C1=C(/C=C/c3ccc([N+](=O)[O-])cc3)N(Cc3ccccc3)C=CC12. The molecule has 1 atom stereocenters. The summed E-state index contributed by atoms with van der Waals surface area (Å²) in [6.45, 7) is 5.65. The van der Waals surface area contributed by atoms with Crippen molar-refractivity contribution in [3.63, 3.8) is 0 Å². The summed E-state index contributed by atoms with van der Waals surface area (Å²) in [6.07, 6.45) is 12.9. The Morgan fingerprint density at radius 3 is 2.27 bits per heavy atom.